The zero-order valence-electron chi connectivity index (χ0n) is 12.1. The number of nitrogens with one attached hydrogen (secondary N) is 1. The maximum absolute atomic E-state index is 12.1. The second-order valence-corrected chi connectivity index (χ2v) is 5.40. The molecule has 1 fully saturated rings. The largest absolute Gasteiger partial charge is 0.480 e. The van der Waals surface area contributed by atoms with Gasteiger partial charge in [-0.25, -0.2) is 0 Å². The van der Waals surface area contributed by atoms with Crippen molar-refractivity contribution in [3.63, 3.8) is 0 Å². The van der Waals surface area contributed by atoms with Crippen molar-refractivity contribution in [3.05, 3.63) is 0 Å². The molecule has 6 nitrogen and oxygen atoms in total. The topological polar surface area (TPSA) is 78.9 Å². The van der Waals surface area contributed by atoms with Gasteiger partial charge in [-0.1, -0.05) is 6.92 Å². The summed E-state index contributed by atoms with van der Waals surface area (Å²) in [6, 6.07) is 0. The molecule has 1 aliphatic rings. The lowest BCUT2D eigenvalue weighted by molar-refractivity contribution is -0.146. The number of morpholine rings is 1. The second-order valence-electron chi connectivity index (χ2n) is 5.40. The Hall–Kier alpha value is -1.14. The number of carbonyl (C=O) groups excluding carboxylic acids is 1. The first kappa shape index (κ1) is 15.9. The van der Waals surface area contributed by atoms with Gasteiger partial charge in [-0.2, -0.15) is 0 Å². The number of hydrogen-bond acceptors (Lipinski definition) is 4. The summed E-state index contributed by atoms with van der Waals surface area (Å²) in [4.78, 5) is 25.0. The molecule has 2 N–H and O–H groups in total. The molecule has 0 aromatic rings. The minimum absolute atomic E-state index is 0.0183. The van der Waals surface area contributed by atoms with Crippen LogP contribution in [0.5, 0.6) is 0 Å². The third-order valence-electron chi connectivity index (χ3n) is 3.58. The molecule has 1 amide bonds. The SMILES string of the molecule is CCC(C)(NCC(=O)N1CC(C)OC(C)C1)C(=O)O. The normalized spacial score (nSPS) is 26.8. The number of aliphatic carboxylic acids is 1. The minimum Gasteiger partial charge on any atom is -0.480 e. The standard InChI is InChI=1S/C13H24N2O4/c1-5-13(4,12(17)18)14-6-11(16)15-7-9(2)19-10(3)8-15/h9-10,14H,5-8H2,1-4H3,(H,17,18). The Bertz CT molecular complexity index is 338. The van der Waals surface area contributed by atoms with E-state index >= 15 is 0 Å². The number of carbonyl (C=O) groups is 2. The van der Waals surface area contributed by atoms with Crippen molar-refractivity contribution in [1.29, 1.82) is 0 Å². The Morgan fingerprint density at radius 3 is 2.32 bits per heavy atom. The van der Waals surface area contributed by atoms with Gasteiger partial charge in [0.05, 0.1) is 18.8 Å². The number of carboxylic acid groups (broad SMARTS) is 1. The summed E-state index contributed by atoms with van der Waals surface area (Å²) < 4.78 is 5.56. The molecule has 0 spiro atoms. The summed E-state index contributed by atoms with van der Waals surface area (Å²) in [5.41, 5.74) is -1.06. The fourth-order valence-electron chi connectivity index (χ4n) is 2.12. The predicted molar refractivity (Wildman–Crippen MR) is 70.9 cm³/mol. The van der Waals surface area contributed by atoms with E-state index in [1.807, 2.05) is 13.8 Å². The van der Waals surface area contributed by atoms with Crippen molar-refractivity contribution in [2.75, 3.05) is 19.6 Å². The number of amides is 1. The molecule has 19 heavy (non-hydrogen) atoms. The van der Waals surface area contributed by atoms with Gasteiger partial charge >= 0.3 is 5.97 Å². The Kier molecular flexibility index (Phi) is 5.31. The van der Waals surface area contributed by atoms with Gasteiger partial charge in [0.25, 0.3) is 0 Å². The molecular weight excluding hydrogens is 248 g/mol. The van der Waals surface area contributed by atoms with Crippen LogP contribution in [-0.2, 0) is 14.3 Å². The fourth-order valence-corrected chi connectivity index (χ4v) is 2.12. The average Bonchev–Trinajstić information content (AvgIpc) is 2.34. The fraction of sp³-hybridized carbons (Fsp3) is 0.846. The Balaban J connectivity index is 2.53. The van der Waals surface area contributed by atoms with Crippen LogP contribution < -0.4 is 5.32 Å². The van der Waals surface area contributed by atoms with E-state index in [1.165, 1.54) is 0 Å². The lowest BCUT2D eigenvalue weighted by Gasteiger charge is -2.36. The average molecular weight is 272 g/mol. The molecule has 1 heterocycles. The molecule has 6 heteroatoms. The molecule has 0 radical (unpaired) electrons. The van der Waals surface area contributed by atoms with Crippen LogP contribution >= 0.6 is 0 Å². The summed E-state index contributed by atoms with van der Waals surface area (Å²) >= 11 is 0. The third kappa shape index (κ3) is 4.18. The van der Waals surface area contributed by atoms with Crippen molar-refractivity contribution < 1.29 is 19.4 Å². The lowest BCUT2D eigenvalue weighted by atomic mass is 9.99. The van der Waals surface area contributed by atoms with Crippen molar-refractivity contribution in [1.82, 2.24) is 10.2 Å². The number of rotatable bonds is 5. The zero-order valence-corrected chi connectivity index (χ0v) is 12.1. The van der Waals surface area contributed by atoms with Gasteiger partial charge in [0.15, 0.2) is 0 Å². The van der Waals surface area contributed by atoms with E-state index in [4.69, 9.17) is 9.84 Å². The molecule has 0 aliphatic carbocycles. The van der Waals surface area contributed by atoms with E-state index < -0.39 is 11.5 Å². The van der Waals surface area contributed by atoms with E-state index in [-0.39, 0.29) is 24.7 Å². The summed E-state index contributed by atoms with van der Waals surface area (Å²) in [6.07, 6.45) is 0.459. The Morgan fingerprint density at radius 2 is 1.89 bits per heavy atom. The first-order valence-electron chi connectivity index (χ1n) is 6.70. The number of carboxylic acids is 1. The molecule has 1 rings (SSSR count). The quantitative estimate of drug-likeness (QED) is 0.760. The van der Waals surface area contributed by atoms with Crippen LogP contribution in [0.15, 0.2) is 0 Å². The highest BCUT2D eigenvalue weighted by molar-refractivity contribution is 5.82. The molecule has 0 aromatic carbocycles. The van der Waals surface area contributed by atoms with Gasteiger partial charge in [0.1, 0.15) is 5.54 Å². The van der Waals surface area contributed by atoms with E-state index in [0.717, 1.165) is 0 Å². The van der Waals surface area contributed by atoms with Gasteiger partial charge in [-0.05, 0) is 27.2 Å². The van der Waals surface area contributed by atoms with Crippen LogP contribution in [0, 0.1) is 0 Å². The van der Waals surface area contributed by atoms with Crippen molar-refractivity contribution >= 4 is 11.9 Å². The van der Waals surface area contributed by atoms with E-state index in [2.05, 4.69) is 5.32 Å². The smallest absolute Gasteiger partial charge is 0.323 e. The number of ether oxygens (including phenoxy) is 1. The minimum atomic E-state index is -1.06. The Labute approximate surface area is 114 Å². The van der Waals surface area contributed by atoms with Crippen molar-refractivity contribution in [2.45, 2.75) is 51.9 Å². The zero-order chi connectivity index (χ0) is 14.6. The van der Waals surface area contributed by atoms with Crippen LogP contribution in [0.2, 0.25) is 0 Å². The Morgan fingerprint density at radius 1 is 1.37 bits per heavy atom. The van der Waals surface area contributed by atoms with Gasteiger partial charge in [-0.15, -0.1) is 0 Å². The third-order valence-corrected chi connectivity index (χ3v) is 3.58. The first-order chi connectivity index (χ1) is 8.78. The van der Waals surface area contributed by atoms with E-state index in [1.54, 1.807) is 18.7 Å². The predicted octanol–water partition coefficient (Wildman–Crippen LogP) is 0.465. The van der Waals surface area contributed by atoms with Crippen LogP contribution in [0.4, 0.5) is 0 Å². The van der Waals surface area contributed by atoms with Crippen LogP contribution in [0.3, 0.4) is 0 Å². The monoisotopic (exact) mass is 272 g/mol. The lowest BCUT2D eigenvalue weighted by Crippen LogP contribution is -2.55. The maximum atomic E-state index is 12.1. The van der Waals surface area contributed by atoms with Gasteiger partial charge < -0.3 is 14.7 Å². The summed E-state index contributed by atoms with van der Waals surface area (Å²) in [6.45, 7) is 8.38. The summed E-state index contributed by atoms with van der Waals surface area (Å²) in [5.74, 6) is -1.02. The van der Waals surface area contributed by atoms with Gasteiger partial charge in [0, 0.05) is 13.1 Å². The van der Waals surface area contributed by atoms with E-state index in [0.29, 0.717) is 19.5 Å². The van der Waals surface area contributed by atoms with Crippen LogP contribution in [0.1, 0.15) is 34.1 Å². The van der Waals surface area contributed by atoms with Gasteiger partial charge in [0.2, 0.25) is 5.91 Å². The molecule has 3 atom stereocenters. The number of hydrogen-bond donors (Lipinski definition) is 2. The molecule has 0 saturated carbocycles. The molecular formula is C13H24N2O4. The van der Waals surface area contributed by atoms with Crippen LogP contribution in [0.25, 0.3) is 0 Å². The molecule has 3 unspecified atom stereocenters. The van der Waals surface area contributed by atoms with Crippen molar-refractivity contribution in [2.24, 2.45) is 0 Å². The summed E-state index contributed by atoms with van der Waals surface area (Å²) in [7, 11) is 0. The first-order valence-corrected chi connectivity index (χ1v) is 6.70. The second kappa shape index (κ2) is 6.34. The molecule has 1 saturated heterocycles. The maximum Gasteiger partial charge on any atom is 0.323 e. The van der Waals surface area contributed by atoms with Crippen molar-refractivity contribution in [3.8, 4) is 0 Å². The molecule has 0 bridgehead atoms. The van der Waals surface area contributed by atoms with Gasteiger partial charge in [-0.3, -0.25) is 14.9 Å². The molecule has 110 valence electrons. The summed E-state index contributed by atoms with van der Waals surface area (Å²) in [5, 5.41) is 12.0. The molecule has 0 aromatic heterocycles. The number of nitrogens with zero attached hydrogens (tertiary/aromatic N) is 1. The van der Waals surface area contributed by atoms with E-state index in [9.17, 15) is 9.59 Å². The highest BCUT2D eigenvalue weighted by Gasteiger charge is 2.32. The highest BCUT2D eigenvalue weighted by atomic mass is 16.5. The van der Waals surface area contributed by atoms with Crippen LogP contribution in [-0.4, -0.2) is 59.3 Å². The highest BCUT2D eigenvalue weighted by Crippen LogP contribution is 2.12. The molecule has 1 aliphatic heterocycles.